The van der Waals surface area contributed by atoms with E-state index in [9.17, 15) is 23.2 Å². The van der Waals surface area contributed by atoms with Crippen LogP contribution in [0, 0.1) is 0 Å². The second kappa shape index (κ2) is 11.1. The van der Waals surface area contributed by atoms with Crippen molar-refractivity contribution in [3.63, 3.8) is 0 Å². The van der Waals surface area contributed by atoms with Crippen molar-refractivity contribution < 1.29 is 27.9 Å². The first-order valence-corrected chi connectivity index (χ1v) is 11.5. The summed E-state index contributed by atoms with van der Waals surface area (Å²) in [6, 6.07) is 15.5. The van der Waals surface area contributed by atoms with Gasteiger partial charge in [-0.05, 0) is 17.7 Å². The second-order valence-electron chi connectivity index (χ2n) is 8.23. The lowest BCUT2D eigenvalue weighted by Gasteiger charge is -2.35. The minimum atomic E-state index is -3.03. The SMILES string of the molecule is O=C(CCC(=O)N1CCC(c2ccccc2)=N1)N1CCN(C(=O)c2ccccc2OC(F)F)CC1. The molecule has 0 radical (unpaired) electrons. The van der Waals surface area contributed by atoms with Crippen LogP contribution in [0.4, 0.5) is 8.78 Å². The smallest absolute Gasteiger partial charge is 0.387 e. The van der Waals surface area contributed by atoms with Gasteiger partial charge in [-0.1, -0.05) is 42.5 Å². The number of carbonyl (C=O) groups is 3. The number of amides is 3. The molecule has 35 heavy (non-hydrogen) atoms. The Balaban J connectivity index is 1.25. The van der Waals surface area contributed by atoms with Crippen LogP contribution in [0.3, 0.4) is 0 Å². The van der Waals surface area contributed by atoms with Crippen molar-refractivity contribution in [3.05, 3.63) is 65.7 Å². The molecule has 10 heteroatoms. The van der Waals surface area contributed by atoms with E-state index in [2.05, 4.69) is 9.84 Å². The van der Waals surface area contributed by atoms with E-state index < -0.39 is 12.5 Å². The first-order valence-electron chi connectivity index (χ1n) is 11.5. The van der Waals surface area contributed by atoms with E-state index in [1.807, 2.05) is 30.3 Å². The zero-order valence-electron chi connectivity index (χ0n) is 19.1. The number of ether oxygens (including phenoxy) is 1. The number of nitrogens with zero attached hydrogens (tertiary/aromatic N) is 4. The molecule has 4 rings (SSSR count). The molecular formula is C25H26F2N4O4. The standard InChI is InChI=1S/C25H26F2N4O4/c26-25(27)35-21-9-5-4-8-19(21)24(34)30-16-14-29(15-17-30)22(32)10-11-23(33)31-13-12-20(28-31)18-6-2-1-3-7-18/h1-9,25H,10-17H2. The van der Waals surface area contributed by atoms with Crippen LogP contribution in [0.1, 0.15) is 35.2 Å². The molecule has 1 fully saturated rings. The molecule has 0 spiro atoms. The molecule has 184 valence electrons. The molecule has 0 N–H and O–H groups in total. The number of rotatable bonds is 7. The van der Waals surface area contributed by atoms with Crippen LogP contribution in [0.5, 0.6) is 5.75 Å². The number of halogens is 2. The molecule has 8 nitrogen and oxygen atoms in total. The predicted octanol–water partition coefficient (Wildman–Crippen LogP) is 2.99. The van der Waals surface area contributed by atoms with Crippen molar-refractivity contribution in [2.24, 2.45) is 5.10 Å². The highest BCUT2D eigenvalue weighted by molar-refractivity contribution is 6.02. The lowest BCUT2D eigenvalue weighted by molar-refractivity contribution is -0.137. The molecule has 0 unspecified atom stereocenters. The average molecular weight is 485 g/mol. The highest BCUT2D eigenvalue weighted by Crippen LogP contribution is 2.23. The summed E-state index contributed by atoms with van der Waals surface area (Å²) >= 11 is 0. The van der Waals surface area contributed by atoms with Gasteiger partial charge in [0.1, 0.15) is 5.75 Å². The first-order chi connectivity index (χ1) is 16.9. The number of para-hydroxylation sites is 1. The van der Waals surface area contributed by atoms with Crippen LogP contribution in [0.2, 0.25) is 0 Å². The third-order valence-electron chi connectivity index (χ3n) is 6.00. The third kappa shape index (κ3) is 6.00. The quantitative estimate of drug-likeness (QED) is 0.605. The fraction of sp³-hybridized carbons (Fsp3) is 0.360. The number of benzene rings is 2. The summed E-state index contributed by atoms with van der Waals surface area (Å²) in [7, 11) is 0. The molecule has 2 aliphatic heterocycles. The summed E-state index contributed by atoms with van der Waals surface area (Å²) < 4.78 is 29.7. The Morgan fingerprint density at radius 3 is 2.17 bits per heavy atom. The van der Waals surface area contributed by atoms with E-state index in [-0.39, 0.29) is 49.1 Å². The van der Waals surface area contributed by atoms with Crippen molar-refractivity contribution >= 4 is 23.4 Å². The van der Waals surface area contributed by atoms with Crippen LogP contribution in [-0.4, -0.2) is 77.6 Å². The van der Waals surface area contributed by atoms with E-state index in [1.54, 1.807) is 11.0 Å². The molecule has 2 aromatic carbocycles. The predicted molar refractivity (Wildman–Crippen MR) is 124 cm³/mol. The van der Waals surface area contributed by atoms with Gasteiger partial charge in [0.05, 0.1) is 17.8 Å². The maximum atomic E-state index is 12.8. The normalized spacial score (nSPS) is 15.9. The summed E-state index contributed by atoms with van der Waals surface area (Å²) in [5, 5.41) is 5.83. The van der Waals surface area contributed by atoms with Gasteiger partial charge in [-0.3, -0.25) is 14.4 Å². The van der Waals surface area contributed by atoms with Gasteiger partial charge in [0.2, 0.25) is 11.8 Å². The van der Waals surface area contributed by atoms with Crippen molar-refractivity contribution in [1.82, 2.24) is 14.8 Å². The number of carbonyl (C=O) groups excluding carboxylic acids is 3. The summed E-state index contributed by atoms with van der Waals surface area (Å²) in [5.74, 6) is -0.971. The van der Waals surface area contributed by atoms with E-state index in [0.717, 1.165) is 11.3 Å². The Morgan fingerprint density at radius 2 is 1.46 bits per heavy atom. The molecule has 0 aliphatic carbocycles. The number of alkyl halides is 2. The monoisotopic (exact) mass is 484 g/mol. The number of hydrogen-bond acceptors (Lipinski definition) is 5. The van der Waals surface area contributed by atoms with E-state index in [1.165, 1.54) is 28.1 Å². The molecule has 0 saturated carbocycles. The summed E-state index contributed by atoms with van der Waals surface area (Å²) in [5.41, 5.74) is 1.89. The average Bonchev–Trinajstić information content (AvgIpc) is 3.38. The molecule has 2 aliphatic rings. The number of hydrazone groups is 1. The van der Waals surface area contributed by atoms with Crippen LogP contribution < -0.4 is 4.74 Å². The highest BCUT2D eigenvalue weighted by atomic mass is 19.3. The van der Waals surface area contributed by atoms with Crippen LogP contribution in [0.15, 0.2) is 59.7 Å². The Morgan fingerprint density at radius 1 is 0.829 bits per heavy atom. The van der Waals surface area contributed by atoms with Gasteiger partial charge in [0.15, 0.2) is 0 Å². The topological polar surface area (TPSA) is 82.5 Å². The largest absolute Gasteiger partial charge is 0.434 e. The Hall–Kier alpha value is -3.82. The molecule has 0 bridgehead atoms. The fourth-order valence-corrected chi connectivity index (χ4v) is 4.14. The lowest BCUT2D eigenvalue weighted by Crippen LogP contribution is -2.50. The summed E-state index contributed by atoms with van der Waals surface area (Å²) in [4.78, 5) is 41.1. The number of piperazine rings is 1. The molecule has 0 atom stereocenters. The van der Waals surface area contributed by atoms with Gasteiger partial charge < -0.3 is 14.5 Å². The van der Waals surface area contributed by atoms with Crippen LogP contribution >= 0.6 is 0 Å². The molecule has 3 amide bonds. The van der Waals surface area contributed by atoms with Crippen LogP contribution in [0.25, 0.3) is 0 Å². The lowest BCUT2D eigenvalue weighted by atomic mass is 10.1. The maximum Gasteiger partial charge on any atom is 0.387 e. The molecule has 2 aromatic rings. The minimum Gasteiger partial charge on any atom is -0.434 e. The van der Waals surface area contributed by atoms with E-state index in [0.29, 0.717) is 26.1 Å². The fourth-order valence-electron chi connectivity index (χ4n) is 4.14. The van der Waals surface area contributed by atoms with Crippen molar-refractivity contribution in [1.29, 1.82) is 0 Å². The Kier molecular flexibility index (Phi) is 7.69. The molecule has 2 heterocycles. The Bertz CT molecular complexity index is 1100. The van der Waals surface area contributed by atoms with Gasteiger partial charge in [-0.2, -0.15) is 13.9 Å². The van der Waals surface area contributed by atoms with Crippen molar-refractivity contribution in [2.45, 2.75) is 25.9 Å². The Labute approximate surface area is 201 Å². The van der Waals surface area contributed by atoms with Gasteiger partial charge in [0, 0.05) is 45.4 Å². The van der Waals surface area contributed by atoms with Crippen LogP contribution in [-0.2, 0) is 9.59 Å². The van der Waals surface area contributed by atoms with Gasteiger partial charge in [-0.15, -0.1) is 0 Å². The zero-order valence-corrected chi connectivity index (χ0v) is 19.1. The van der Waals surface area contributed by atoms with E-state index >= 15 is 0 Å². The van der Waals surface area contributed by atoms with Gasteiger partial charge in [-0.25, -0.2) is 5.01 Å². The maximum absolute atomic E-state index is 12.8. The first kappa shape index (κ1) is 24.3. The van der Waals surface area contributed by atoms with Gasteiger partial charge >= 0.3 is 6.61 Å². The van der Waals surface area contributed by atoms with Gasteiger partial charge in [0.25, 0.3) is 5.91 Å². The summed E-state index contributed by atoms with van der Waals surface area (Å²) in [6.45, 7) is -1.41. The summed E-state index contributed by atoms with van der Waals surface area (Å²) in [6.07, 6.45) is 0.789. The van der Waals surface area contributed by atoms with Crippen molar-refractivity contribution in [3.8, 4) is 5.75 Å². The second-order valence-corrected chi connectivity index (χ2v) is 8.23. The number of hydrogen-bond donors (Lipinski definition) is 0. The zero-order chi connectivity index (χ0) is 24.8. The molecule has 1 saturated heterocycles. The van der Waals surface area contributed by atoms with Crippen molar-refractivity contribution in [2.75, 3.05) is 32.7 Å². The highest BCUT2D eigenvalue weighted by Gasteiger charge is 2.28. The van der Waals surface area contributed by atoms with E-state index in [4.69, 9.17) is 0 Å². The molecular weight excluding hydrogens is 458 g/mol. The third-order valence-corrected chi connectivity index (χ3v) is 6.00. The minimum absolute atomic E-state index is 0.0548. The molecule has 0 aromatic heterocycles.